The van der Waals surface area contributed by atoms with Crippen LogP contribution in [-0.4, -0.2) is 25.1 Å². The lowest BCUT2D eigenvalue weighted by Crippen LogP contribution is -2.11. The van der Waals surface area contributed by atoms with Crippen molar-refractivity contribution in [1.82, 2.24) is 4.98 Å². The summed E-state index contributed by atoms with van der Waals surface area (Å²) in [5, 5.41) is 3.80. The number of carbonyl (C=O) groups excluding carboxylic acids is 1. The van der Waals surface area contributed by atoms with Crippen LogP contribution in [0.25, 0.3) is 21.3 Å². The molecule has 3 N–H and O–H groups in total. The number of anilines is 2. The second kappa shape index (κ2) is 8.16. The Hall–Kier alpha value is -3.58. The summed E-state index contributed by atoms with van der Waals surface area (Å²) in [6, 6.07) is 15.2. The molecule has 0 unspecified atom stereocenters. The molecule has 0 spiro atoms. The first-order chi connectivity index (χ1) is 15.6. The van der Waals surface area contributed by atoms with Crippen molar-refractivity contribution in [1.29, 1.82) is 0 Å². The minimum atomic E-state index is -0.239. The van der Waals surface area contributed by atoms with Crippen molar-refractivity contribution in [3.05, 3.63) is 64.7 Å². The van der Waals surface area contributed by atoms with Gasteiger partial charge in [-0.2, -0.15) is 0 Å². The first-order valence-corrected chi connectivity index (χ1v) is 11.2. The summed E-state index contributed by atoms with van der Waals surface area (Å²) < 4.78 is 10.5. The number of aromatic nitrogens is 1. The average molecular weight is 446 g/mol. The third-order valence-corrected chi connectivity index (χ3v) is 6.93. The zero-order valence-corrected chi connectivity index (χ0v) is 18.7. The van der Waals surface area contributed by atoms with Crippen LogP contribution in [0.4, 0.5) is 11.4 Å². The Labute approximate surface area is 190 Å². The Morgan fingerprint density at radius 3 is 2.31 bits per heavy atom. The predicted molar refractivity (Wildman–Crippen MR) is 129 cm³/mol. The topological polar surface area (TPSA) is 86.5 Å². The zero-order valence-electron chi connectivity index (χ0n) is 17.9. The summed E-state index contributed by atoms with van der Waals surface area (Å²) in [4.78, 5) is 19.2. The van der Waals surface area contributed by atoms with Crippen molar-refractivity contribution in [2.75, 3.05) is 25.3 Å². The molecule has 0 aliphatic heterocycles. The summed E-state index contributed by atoms with van der Waals surface area (Å²) in [6.07, 6.45) is 2.98. The Morgan fingerprint density at radius 2 is 1.66 bits per heavy atom. The van der Waals surface area contributed by atoms with E-state index in [0.717, 1.165) is 57.8 Å². The molecule has 7 heteroatoms. The fourth-order valence-corrected chi connectivity index (χ4v) is 5.27. The largest absolute Gasteiger partial charge is 0.497 e. The number of rotatable bonds is 5. The number of nitrogen functional groups attached to an aromatic ring is 1. The van der Waals surface area contributed by atoms with E-state index in [0.29, 0.717) is 16.3 Å². The van der Waals surface area contributed by atoms with Gasteiger partial charge < -0.3 is 20.5 Å². The molecule has 5 rings (SSSR count). The lowest BCUT2D eigenvalue weighted by Gasteiger charge is -2.12. The molecule has 32 heavy (non-hydrogen) atoms. The number of pyridine rings is 1. The normalized spacial score (nSPS) is 12.6. The number of aryl methyl sites for hydroxylation is 1. The second-order valence-corrected chi connectivity index (χ2v) is 8.70. The van der Waals surface area contributed by atoms with E-state index in [9.17, 15) is 4.79 Å². The molecule has 0 bridgehead atoms. The molecule has 2 aromatic carbocycles. The molecule has 4 aromatic rings. The maximum Gasteiger partial charge on any atom is 0.267 e. The van der Waals surface area contributed by atoms with Gasteiger partial charge in [-0.3, -0.25) is 4.79 Å². The van der Waals surface area contributed by atoms with E-state index < -0.39 is 0 Å². The number of amides is 1. The maximum atomic E-state index is 13.1. The van der Waals surface area contributed by atoms with Gasteiger partial charge in [-0.15, -0.1) is 11.3 Å². The van der Waals surface area contributed by atoms with Gasteiger partial charge in [0.2, 0.25) is 0 Å². The summed E-state index contributed by atoms with van der Waals surface area (Å²) in [7, 11) is 3.26. The van der Waals surface area contributed by atoms with Crippen molar-refractivity contribution in [3.63, 3.8) is 0 Å². The first-order valence-electron chi connectivity index (χ1n) is 10.4. The third kappa shape index (κ3) is 3.44. The number of fused-ring (bicyclic) bond motifs is 2. The van der Waals surface area contributed by atoms with Gasteiger partial charge in [0.15, 0.2) is 0 Å². The summed E-state index contributed by atoms with van der Waals surface area (Å²) >= 11 is 1.34. The molecule has 0 saturated heterocycles. The van der Waals surface area contributed by atoms with Crippen LogP contribution in [0.1, 0.15) is 27.3 Å². The summed E-state index contributed by atoms with van der Waals surface area (Å²) in [6.45, 7) is 0. The number of thiophene rings is 1. The lowest BCUT2D eigenvalue weighted by molar-refractivity contribution is 0.103. The molecular formula is C25H23N3O3S. The molecule has 1 aliphatic carbocycles. The van der Waals surface area contributed by atoms with Gasteiger partial charge in [0, 0.05) is 16.8 Å². The van der Waals surface area contributed by atoms with Crippen LogP contribution < -0.4 is 20.5 Å². The highest BCUT2D eigenvalue weighted by Crippen LogP contribution is 2.44. The Balaban J connectivity index is 1.60. The molecule has 0 saturated carbocycles. The highest BCUT2D eigenvalue weighted by atomic mass is 32.1. The van der Waals surface area contributed by atoms with Crippen molar-refractivity contribution in [3.8, 4) is 22.6 Å². The van der Waals surface area contributed by atoms with E-state index in [-0.39, 0.29) is 5.91 Å². The molecule has 162 valence electrons. The molecule has 2 aromatic heterocycles. The van der Waals surface area contributed by atoms with Crippen LogP contribution in [0, 0.1) is 0 Å². The van der Waals surface area contributed by atoms with E-state index >= 15 is 0 Å². The van der Waals surface area contributed by atoms with Crippen molar-refractivity contribution >= 4 is 38.8 Å². The van der Waals surface area contributed by atoms with E-state index in [1.807, 2.05) is 24.3 Å². The average Bonchev–Trinajstić information content (AvgIpc) is 3.42. The van der Waals surface area contributed by atoms with Gasteiger partial charge >= 0.3 is 0 Å². The monoisotopic (exact) mass is 445 g/mol. The Bertz CT molecular complexity index is 1310. The van der Waals surface area contributed by atoms with Crippen LogP contribution in [0.15, 0.2) is 48.5 Å². The maximum absolute atomic E-state index is 13.1. The fraction of sp³-hybridized carbons (Fsp3) is 0.200. The fourth-order valence-electron chi connectivity index (χ4n) is 4.25. The Morgan fingerprint density at radius 1 is 1.00 bits per heavy atom. The number of nitrogens with two attached hydrogens (primary N) is 1. The van der Waals surface area contributed by atoms with Gasteiger partial charge in [0.25, 0.3) is 5.91 Å². The quantitative estimate of drug-likeness (QED) is 0.435. The van der Waals surface area contributed by atoms with E-state index in [1.165, 1.54) is 16.9 Å². The van der Waals surface area contributed by atoms with Crippen LogP contribution in [-0.2, 0) is 12.8 Å². The molecule has 1 aliphatic rings. The highest BCUT2D eigenvalue weighted by molar-refractivity contribution is 7.21. The van der Waals surface area contributed by atoms with Gasteiger partial charge in [0.1, 0.15) is 21.2 Å². The van der Waals surface area contributed by atoms with Crippen LogP contribution >= 0.6 is 11.3 Å². The van der Waals surface area contributed by atoms with E-state index in [2.05, 4.69) is 5.32 Å². The number of hydrogen-bond acceptors (Lipinski definition) is 6. The minimum Gasteiger partial charge on any atom is -0.497 e. The molecule has 1 amide bonds. The second-order valence-electron chi connectivity index (χ2n) is 7.70. The van der Waals surface area contributed by atoms with E-state index in [1.54, 1.807) is 38.5 Å². The number of ether oxygens (including phenoxy) is 2. The van der Waals surface area contributed by atoms with Gasteiger partial charge in [-0.1, -0.05) is 12.1 Å². The molecule has 0 atom stereocenters. The number of nitrogens with zero attached hydrogens (tertiary/aromatic N) is 1. The molecule has 2 heterocycles. The minimum absolute atomic E-state index is 0.239. The van der Waals surface area contributed by atoms with Crippen LogP contribution in [0.5, 0.6) is 11.5 Å². The van der Waals surface area contributed by atoms with Gasteiger partial charge in [-0.05, 0) is 72.4 Å². The molecule has 0 radical (unpaired) electrons. The molecule has 6 nitrogen and oxygen atoms in total. The number of carbonyl (C=O) groups is 1. The third-order valence-electron chi connectivity index (χ3n) is 5.84. The molecule has 0 fully saturated rings. The SMILES string of the molecule is COc1ccc(NC(=O)c2sc3nc4c(c(-c5ccc(OC)cc5)c3c2N)CCC4)cc1. The van der Waals surface area contributed by atoms with Gasteiger partial charge in [0.05, 0.1) is 19.9 Å². The zero-order chi connectivity index (χ0) is 22.2. The van der Waals surface area contributed by atoms with Crippen molar-refractivity contribution in [2.24, 2.45) is 0 Å². The van der Waals surface area contributed by atoms with Crippen LogP contribution in [0.3, 0.4) is 0 Å². The first kappa shape index (κ1) is 20.3. The van der Waals surface area contributed by atoms with Crippen molar-refractivity contribution in [2.45, 2.75) is 19.3 Å². The number of benzene rings is 2. The lowest BCUT2D eigenvalue weighted by atomic mass is 9.95. The van der Waals surface area contributed by atoms with E-state index in [4.69, 9.17) is 20.2 Å². The predicted octanol–water partition coefficient (Wildman–Crippen LogP) is 5.30. The Kier molecular flexibility index (Phi) is 5.19. The standard InChI is InChI=1S/C25H23N3O3S/c1-30-16-10-6-14(7-11-16)20-18-4-3-5-19(18)28-25-21(20)22(26)23(32-25)24(29)27-15-8-12-17(31-2)13-9-15/h6-13H,3-5,26H2,1-2H3,(H,27,29). The number of hydrogen-bond donors (Lipinski definition) is 2. The summed E-state index contributed by atoms with van der Waals surface area (Å²) in [5.41, 5.74) is 12.2. The highest BCUT2D eigenvalue weighted by Gasteiger charge is 2.26. The van der Waals surface area contributed by atoms with Crippen molar-refractivity contribution < 1.29 is 14.3 Å². The number of nitrogens with one attached hydrogen (secondary N) is 1. The van der Waals surface area contributed by atoms with Gasteiger partial charge in [-0.25, -0.2) is 4.98 Å². The molecular weight excluding hydrogens is 422 g/mol. The number of methoxy groups -OCH3 is 2. The summed E-state index contributed by atoms with van der Waals surface area (Å²) in [5.74, 6) is 1.29. The smallest absolute Gasteiger partial charge is 0.267 e. The van der Waals surface area contributed by atoms with Crippen LogP contribution in [0.2, 0.25) is 0 Å².